The van der Waals surface area contributed by atoms with Gasteiger partial charge < -0.3 is 20.5 Å². The third-order valence-corrected chi connectivity index (χ3v) is 5.41. The number of nitrogens with two attached hydrogens (primary N) is 1. The summed E-state index contributed by atoms with van der Waals surface area (Å²) in [5.41, 5.74) is 6.29. The molecule has 1 heterocycles. The van der Waals surface area contributed by atoms with Crippen LogP contribution in [0.1, 0.15) is 37.9 Å². The average Bonchev–Trinajstić information content (AvgIpc) is 2.91. The van der Waals surface area contributed by atoms with Gasteiger partial charge in [-0.15, -0.1) is 12.4 Å². The number of aryl methyl sites for hydroxylation is 1. The number of nitrogens with zero attached hydrogens (tertiary/aromatic N) is 2. The Balaban J connectivity index is 0.00000225. The van der Waals surface area contributed by atoms with Crippen LogP contribution in [0.4, 0.5) is 5.82 Å². The van der Waals surface area contributed by atoms with Gasteiger partial charge in [0, 0.05) is 25.1 Å². The van der Waals surface area contributed by atoms with Gasteiger partial charge >= 0.3 is 0 Å². The Labute approximate surface area is 154 Å². The van der Waals surface area contributed by atoms with E-state index in [-0.39, 0.29) is 42.7 Å². The molecule has 0 radical (unpaired) electrons. The molecule has 2 atom stereocenters. The van der Waals surface area contributed by atoms with E-state index in [2.05, 4.69) is 10.5 Å². The molecule has 140 valence electrons. The van der Waals surface area contributed by atoms with E-state index in [0.29, 0.717) is 23.4 Å². The number of nitrogens with one attached hydrogen (secondary N) is 1. The number of anilines is 1. The van der Waals surface area contributed by atoms with Crippen molar-refractivity contribution in [3.63, 3.8) is 0 Å². The first-order valence-corrected chi connectivity index (χ1v) is 8.67. The minimum absolute atomic E-state index is 0. The Hall–Kier alpha value is -1.60. The van der Waals surface area contributed by atoms with Crippen LogP contribution in [-0.4, -0.2) is 41.5 Å². The summed E-state index contributed by atoms with van der Waals surface area (Å²) >= 11 is 0. The summed E-state index contributed by atoms with van der Waals surface area (Å²) in [7, 11) is 1.68. The smallest absolute Gasteiger partial charge is 0.245 e. The van der Waals surface area contributed by atoms with Crippen molar-refractivity contribution < 1.29 is 14.1 Å². The highest BCUT2D eigenvalue weighted by atomic mass is 35.5. The highest BCUT2D eigenvalue weighted by Gasteiger charge is 2.41. The number of hydrogen-bond acceptors (Lipinski definition) is 5. The predicted molar refractivity (Wildman–Crippen MR) is 96.3 cm³/mol. The van der Waals surface area contributed by atoms with E-state index in [1.807, 2.05) is 0 Å². The summed E-state index contributed by atoms with van der Waals surface area (Å²) in [6.07, 6.45) is 5.17. The van der Waals surface area contributed by atoms with Gasteiger partial charge in [0.2, 0.25) is 11.8 Å². The third kappa shape index (κ3) is 4.52. The van der Waals surface area contributed by atoms with Gasteiger partial charge in [-0.2, -0.15) is 0 Å². The molecule has 2 aliphatic rings. The lowest BCUT2D eigenvalue weighted by atomic mass is 9.65. The zero-order valence-electron chi connectivity index (χ0n) is 14.7. The normalized spacial score (nSPS) is 28.0. The van der Waals surface area contributed by atoms with E-state index in [9.17, 15) is 9.59 Å². The number of carbonyl (C=O) groups excluding carboxylic acids is 2. The third-order valence-electron chi connectivity index (χ3n) is 5.41. The standard InChI is InChI=1S/C17H26N4O3.ClH/c1-10-6-14(20-24-10)19-15(22)9-21(2)17(23)13-7-11-4-3-5-12(8-13)16(11)18;/h6,11-13,16H,3-5,7-9,18H2,1-2H3,(H,19,20,22);1H. The van der Waals surface area contributed by atoms with E-state index < -0.39 is 0 Å². The second-order valence-corrected chi connectivity index (χ2v) is 7.26. The Morgan fingerprint density at radius 3 is 2.56 bits per heavy atom. The molecule has 1 aromatic rings. The van der Waals surface area contributed by atoms with Crippen LogP contribution >= 0.6 is 12.4 Å². The van der Waals surface area contributed by atoms with Crippen molar-refractivity contribution in [1.82, 2.24) is 10.1 Å². The van der Waals surface area contributed by atoms with E-state index in [0.717, 1.165) is 25.7 Å². The van der Waals surface area contributed by atoms with Crippen molar-refractivity contribution in [3.05, 3.63) is 11.8 Å². The highest BCUT2D eigenvalue weighted by Crippen LogP contribution is 2.42. The highest BCUT2D eigenvalue weighted by molar-refractivity contribution is 5.94. The quantitative estimate of drug-likeness (QED) is 0.843. The number of aromatic nitrogens is 1. The molecular formula is C17H27ClN4O3. The fourth-order valence-corrected chi connectivity index (χ4v) is 4.20. The summed E-state index contributed by atoms with van der Waals surface area (Å²) in [5.74, 6) is 1.67. The number of fused-ring (bicyclic) bond motifs is 2. The zero-order valence-corrected chi connectivity index (χ0v) is 15.6. The molecule has 2 unspecified atom stereocenters. The summed E-state index contributed by atoms with van der Waals surface area (Å²) in [5, 5.41) is 6.36. The molecule has 2 fully saturated rings. The second-order valence-electron chi connectivity index (χ2n) is 7.26. The van der Waals surface area contributed by atoms with Crippen LogP contribution < -0.4 is 11.1 Å². The number of rotatable bonds is 4. The molecule has 25 heavy (non-hydrogen) atoms. The molecule has 0 aliphatic heterocycles. The molecule has 2 saturated carbocycles. The average molecular weight is 371 g/mol. The van der Waals surface area contributed by atoms with Crippen LogP contribution in [0.25, 0.3) is 0 Å². The molecule has 0 saturated heterocycles. The Morgan fingerprint density at radius 2 is 2.00 bits per heavy atom. The predicted octanol–water partition coefficient (Wildman–Crippen LogP) is 1.96. The van der Waals surface area contributed by atoms with Crippen molar-refractivity contribution >= 4 is 30.0 Å². The van der Waals surface area contributed by atoms with Crippen LogP contribution in [0.2, 0.25) is 0 Å². The van der Waals surface area contributed by atoms with Gasteiger partial charge in [-0.05, 0) is 44.4 Å². The van der Waals surface area contributed by atoms with Crippen molar-refractivity contribution in [2.24, 2.45) is 23.5 Å². The Morgan fingerprint density at radius 1 is 1.36 bits per heavy atom. The van der Waals surface area contributed by atoms with Crippen molar-refractivity contribution in [3.8, 4) is 0 Å². The molecule has 0 spiro atoms. The van der Waals surface area contributed by atoms with E-state index in [1.165, 1.54) is 11.3 Å². The van der Waals surface area contributed by atoms with Gasteiger partial charge in [0.25, 0.3) is 0 Å². The molecule has 3 rings (SSSR count). The number of amides is 2. The van der Waals surface area contributed by atoms with E-state index in [1.54, 1.807) is 20.0 Å². The minimum Gasteiger partial charge on any atom is -0.360 e. The second kappa shape index (κ2) is 8.19. The monoisotopic (exact) mass is 370 g/mol. The number of halogens is 1. The number of carbonyl (C=O) groups is 2. The summed E-state index contributed by atoms with van der Waals surface area (Å²) in [6.45, 7) is 1.77. The first kappa shape index (κ1) is 19.7. The summed E-state index contributed by atoms with van der Waals surface area (Å²) in [4.78, 5) is 26.3. The van der Waals surface area contributed by atoms with Gasteiger partial charge in [0.05, 0.1) is 6.54 Å². The molecule has 3 N–H and O–H groups in total. The van der Waals surface area contributed by atoms with E-state index in [4.69, 9.17) is 10.3 Å². The lowest BCUT2D eigenvalue weighted by Gasteiger charge is -2.44. The Kier molecular flexibility index (Phi) is 6.46. The van der Waals surface area contributed by atoms with Gasteiger partial charge in [0.1, 0.15) is 5.76 Å². The molecule has 2 aliphatic carbocycles. The summed E-state index contributed by atoms with van der Waals surface area (Å²) in [6, 6.07) is 1.88. The van der Waals surface area contributed by atoms with Crippen LogP contribution in [0.15, 0.2) is 10.6 Å². The van der Waals surface area contributed by atoms with E-state index >= 15 is 0 Å². The maximum Gasteiger partial charge on any atom is 0.245 e. The number of hydrogen-bond donors (Lipinski definition) is 2. The van der Waals surface area contributed by atoms with Crippen LogP contribution in [0.3, 0.4) is 0 Å². The lowest BCUT2D eigenvalue weighted by molar-refractivity contribution is -0.139. The SMILES string of the molecule is Cc1cc(NC(=O)CN(C)C(=O)C2CC3CCCC(C2)C3N)no1.Cl. The van der Waals surface area contributed by atoms with Crippen molar-refractivity contribution in [2.45, 2.75) is 45.1 Å². The van der Waals surface area contributed by atoms with Crippen molar-refractivity contribution in [2.75, 3.05) is 18.9 Å². The minimum atomic E-state index is -0.271. The fraction of sp³-hybridized carbons (Fsp3) is 0.706. The molecular weight excluding hydrogens is 344 g/mol. The van der Waals surface area contributed by atoms with Crippen LogP contribution in [0, 0.1) is 24.7 Å². The van der Waals surface area contributed by atoms with Gasteiger partial charge in [0.15, 0.2) is 5.82 Å². The molecule has 1 aromatic heterocycles. The summed E-state index contributed by atoms with van der Waals surface area (Å²) < 4.78 is 4.91. The lowest BCUT2D eigenvalue weighted by Crippen LogP contribution is -2.49. The molecule has 2 bridgehead atoms. The van der Waals surface area contributed by atoms with Crippen molar-refractivity contribution in [1.29, 1.82) is 0 Å². The first-order valence-electron chi connectivity index (χ1n) is 8.67. The number of likely N-dealkylation sites (N-methyl/N-ethyl adjacent to an activating group) is 1. The zero-order chi connectivity index (χ0) is 17.3. The largest absolute Gasteiger partial charge is 0.360 e. The topological polar surface area (TPSA) is 101 Å². The maximum atomic E-state index is 12.7. The maximum absolute atomic E-state index is 12.7. The van der Waals surface area contributed by atoms with Gasteiger partial charge in [-0.25, -0.2) is 0 Å². The van der Waals surface area contributed by atoms with Crippen LogP contribution in [0.5, 0.6) is 0 Å². The molecule has 2 amide bonds. The molecule has 8 heteroatoms. The molecule has 0 aromatic carbocycles. The van der Waals surface area contributed by atoms with Gasteiger partial charge in [-0.3, -0.25) is 9.59 Å². The first-order chi connectivity index (χ1) is 11.4. The Bertz CT molecular complexity index is 607. The molecule has 7 nitrogen and oxygen atoms in total. The fourth-order valence-electron chi connectivity index (χ4n) is 4.20. The van der Waals surface area contributed by atoms with Gasteiger partial charge in [-0.1, -0.05) is 11.6 Å². The van der Waals surface area contributed by atoms with Crippen LogP contribution in [-0.2, 0) is 9.59 Å².